The highest BCUT2D eigenvalue weighted by atomic mass is 16.2. The summed E-state index contributed by atoms with van der Waals surface area (Å²) in [6.07, 6.45) is 5.91. The van der Waals surface area contributed by atoms with Gasteiger partial charge in [-0.3, -0.25) is 4.79 Å². The summed E-state index contributed by atoms with van der Waals surface area (Å²) in [5.41, 5.74) is 10.4. The quantitative estimate of drug-likeness (QED) is 0.512. The molecule has 0 atom stereocenters. The molecule has 5 nitrogen and oxygen atoms in total. The molecule has 5 heteroatoms. The molecular formula is C10H20N4O. The monoisotopic (exact) mass is 212 g/mol. The Hall–Kier alpha value is -1.26. The van der Waals surface area contributed by atoms with E-state index in [-0.39, 0.29) is 18.4 Å². The topological polar surface area (TPSA) is 84.7 Å². The molecule has 1 aliphatic carbocycles. The number of guanidine groups is 1. The number of aliphatic imine (C=N–C) groups is 1. The molecule has 15 heavy (non-hydrogen) atoms. The van der Waals surface area contributed by atoms with Gasteiger partial charge in [0.25, 0.3) is 0 Å². The molecule has 0 bridgehead atoms. The molecule has 0 aromatic rings. The molecule has 0 aromatic carbocycles. The predicted molar refractivity (Wildman–Crippen MR) is 60.3 cm³/mol. The summed E-state index contributed by atoms with van der Waals surface area (Å²) in [6, 6.07) is 0.375. The number of likely N-dealkylation sites (N-methyl/N-ethyl adjacent to an activating group) is 1. The first-order valence-corrected chi connectivity index (χ1v) is 5.42. The molecule has 0 heterocycles. The van der Waals surface area contributed by atoms with Gasteiger partial charge >= 0.3 is 0 Å². The Morgan fingerprint density at radius 3 is 2.47 bits per heavy atom. The minimum absolute atomic E-state index is 0.00435. The first-order chi connectivity index (χ1) is 7.11. The highest BCUT2D eigenvalue weighted by Gasteiger charge is 2.21. The SMILES string of the molecule is CN(C(=O)CN=C(N)N)C1CCCCC1. The molecule has 0 saturated heterocycles. The van der Waals surface area contributed by atoms with Crippen molar-refractivity contribution in [2.24, 2.45) is 16.5 Å². The maximum Gasteiger partial charge on any atom is 0.244 e. The Morgan fingerprint density at radius 2 is 1.93 bits per heavy atom. The van der Waals surface area contributed by atoms with Gasteiger partial charge in [-0.1, -0.05) is 19.3 Å². The Kier molecular flexibility index (Phi) is 4.39. The number of rotatable bonds is 3. The van der Waals surface area contributed by atoms with Crippen molar-refractivity contribution >= 4 is 11.9 Å². The molecule has 1 amide bonds. The van der Waals surface area contributed by atoms with Gasteiger partial charge in [-0.2, -0.15) is 0 Å². The average Bonchev–Trinajstić information content (AvgIpc) is 2.26. The van der Waals surface area contributed by atoms with Crippen molar-refractivity contribution in [1.29, 1.82) is 0 Å². The van der Waals surface area contributed by atoms with E-state index in [1.54, 1.807) is 4.90 Å². The van der Waals surface area contributed by atoms with Gasteiger partial charge in [-0.05, 0) is 12.8 Å². The van der Waals surface area contributed by atoms with Crippen molar-refractivity contribution in [2.45, 2.75) is 38.1 Å². The Morgan fingerprint density at radius 1 is 1.33 bits per heavy atom. The van der Waals surface area contributed by atoms with Crippen molar-refractivity contribution < 1.29 is 4.79 Å². The van der Waals surface area contributed by atoms with Crippen LogP contribution in [0.25, 0.3) is 0 Å². The van der Waals surface area contributed by atoms with E-state index in [0.717, 1.165) is 12.8 Å². The number of hydrogen-bond donors (Lipinski definition) is 2. The summed E-state index contributed by atoms with van der Waals surface area (Å²) < 4.78 is 0. The predicted octanol–water partition coefficient (Wildman–Crippen LogP) is 0.0509. The Balaban J connectivity index is 2.40. The van der Waals surface area contributed by atoms with Crippen molar-refractivity contribution in [3.05, 3.63) is 0 Å². The van der Waals surface area contributed by atoms with Crippen molar-refractivity contribution in [3.63, 3.8) is 0 Å². The van der Waals surface area contributed by atoms with Gasteiger partial charge in [-0.25, -0.2) is 4.99 Å². The molecule has 1 saturated carbocycles. The molecule has 0 spiro atoms. The fourth-order valence-electron chi connectivity index (χ4n) is 1.94. The molecular weight excluding hydrogens is 192 g/mol. The van der Waals surface area contributed by atoms with Gasteiger partial charge in [0.2, 0.25) is 5.91 Å². The summed E-state index contributed by atoms with van der Waals surface area (Å²) in [5, 5.41) is 0. The van der Waals surface area contributed by atoms with E-state index < -0.39 is 0 Å². The van der Waals surface area contributed by atoms with Crippen LogP contribution in [0.1, 0.15) is 32.1 Å². The van der Waals surface area contributed by atoms with Crippen LogP contribution in [-0.2, 0) is 4.79 Å². The summed E-state index contributed by atoms with van der Waals surface area (Å²) in [5.74, 6) is -0.0318. The highest BCUT2D eigenvalue weighted by Crippen LogP contribution is 2.21. The van der Waals surface area contributed by atoms with Gasteiger partial charge in [-0.15, -0.1) is 0 Å². The molecule has 0 radical (unpaired) electrons. The van der Waals surface area contributed by atoms with Crippen LogP contribution in [0.4, 0.5) is 0 Å². The molecule has 1 aliphatic rings. The molecule has 0 unspecified atom stereocenters. The molecule has 4 N–H and O–H groups in total. The number of nitrogens with two attached hydrogens (primary N) is 2. The van der Waals surface area contributed by atoms with Crippen LogP contribution in [0.15, 0.2) is 4.99 Å². The summed E-state index contributed by atoms with van der Waals surface area (Å²) in [7, 11) is 1.83. The van der Waals surface area contributed by atoms with Gasteiger partial charge < -0.3 is 16.4 Å². The lowest BCUT2D eigenvalue weighted by atomic mass is 9.94. The van der Waals surface area contributed by atoms with E-state index in [0.29, 0.717) is 6.04 Å². The lowest BCUT2D eigenvalue weighted by Gasteiger charge is -2.30. The number of amides is 1. The largest absolute Gasteiger partial charge is 0.370 e. The van der Waals surface area contributed by atoms with Crippen LogP contribution in [0, 0.1) is 0 Å². The number of carbonyl (C=O) groups is 1. The van der Waals surface area contributed by atoms with Crippen LogP contribution < -0.4 is 11.5 Å². The van der Waals surface area contributed by atoms with E-state index in [2.05, 4.69) is 4.99 Å². The van der Waals surface area contributed by atoms with Gasteiger partial charge in [0, 0.05) is 13.1 Å². The van der Waals surface area contributed by atoms with Crippen molar-refractivity contribution in [1.82, 2.24) is 4.90 Å². The minimum atomic E-state index is -0.0274. The van der Waals surface area contributed by atoms with Crippen LogP contribution in [0.3, 0.4) is 0 Å². The second-order valence-electron chi connectivity index (χ2n) is 4.04. The fourth-order valence-corrected chi connectivity index (χ4v) is 1.94. The normalized spacial score (nSPS) is 17.1. The molecule has 0 aromatic heterocycles. The number of nitrogens with zero attached hydrogens (tertiary/aromatic N) is 2. The molecule has 1 rings (SSSR count). The Bertz CT molecular complexity index is 242. The molecule has 0 aliphatic heterocycles. The number of hydrogen-bond acceptors (Lipinski definition) is 2. The first-order valence-electron chi connectivity index (χ1n) is 5.42. The maximum absolute atomic E-state index is 11.7. The lowest BCUT2D eigenvalue weighted by Crippen LogP contribution is -2.40. The average molecular weight is 212 g/mol. The van der Waals surface area contributed by atoms with Crippen molar-refractivity contribution in [2.75, 3.05) is 13.6 Å². The third-order valence-electron chi connectivity index (χ3n) is 2.91. The van der Waals surface area contributed by atoms with E-state index in [1.807, 2.05) is 7.05 Å². The van der Waals surface area contributed by atoms with Crippen LogP contribution in [-0.4, -0.2) is 36.4 Å². The Labute approximate surface area is 90.5 Å². The zero-order valence-electron chi connectivity index (χ0n) is 9.28. The summed E-state index contributed by atoms with van der Waals surface area (Å²) in [4.78, 5) is 17.2. The smallest absolute Gasteiger partial charge is 0.244 e. The first kappa shape index (κ1) is 11.8. The number of carbonyl (C=O) groups excluding carboxylic acids is 1. The summed E-state index contributed by atoms with van der Waals surface area (Å²) in [6.45, 7) is 0.0648. The standard InChI is InChI=1S/C10H20N4O/c1-14(8-5-3-2-4-6-8)9(15)7-13-10(11)12/h8H,2-7H2,1H3,(H4,11,12,13). The van der Waals surface area contributed by atoms with Gasteiger partial charge in [0.15, 0.2) is 5.96 Å². The van der Waals surface area contributed by atoms with E-state index in [9.17, 15) is 4.79 Å². The minimum Gasteiger partial charge on any atom is -0.370 e. The maximum atomic E-state index is 11.7. The van der Waals surface area contributed by atoms with Crippen LogP contribution >= 0.6 is 0 Å². The fraction of sp³-hybridized carbons (Fsp3) is 0.800. The summed E-state index contributed by atoms with van der Waals surface area (Å²) >= 11 is 0. The molecule has 1 fully saturated rings. The second kappa shape index (κ2) is 5.58. The van der Waals surface area contributed by atoms with E-state index in [4.69, 9.17) is 11.5 Å². The van der Waals surface area contributed by atoms with Crippen LogP contribution in [0.5, 0.6) is 0 Å². The second-order valence-corrected chi connectivity index (χ2v) is 4.04. The zero-order chi connectivity index (χ0) is 11.3. The van der Waals surface area contributed by atoms with E-state index in [1.165, 1.54) is 19.3 Å². The molecule has 86 valence electrons. The zero-order valence-corrected chi connectivity index (χ0v) is 9.28. The third kappa shape index (κ3) is 3.77. The third-order valence-corrected chi connectivity index (χ3v) is 2.91. The lowest BCUT2D eigenvalue weighted by molar-refractivity contribution is -0.130. The van der Waals surface area contributed by atoms with Crippen molar-refractivity contribution in [3.8, 4) is 0 Å². The van der Waals surface area contributed by atoms with E-state index >= 15 is 0 Å². The highest BCUT2D eigenvalue weighted by molar-refractivity contribution is 5.83. The van der Waals surface area contributed by atoms with Gasteiger partial charge in [0.05, 0.1) is 0 Å². The van der Waals surface area contributed by atoms with Gasteiger partial charge in [0.1, 0.15) is 6.54 Å². The van der Waals surface area contributed by atoms with Crippen LogP contribution in [0.2, 0.25) is 0 Å².